The maximum absolute atomic E-state index is 14.3. The Morgan fingerprint density at radius 2 is 1.42 bits per heavy atom. The molecule has 0 heterocycles. The molecule has 0 saturated carbocycles. The predicted octanol–water partition coefficient (Wildman–Crippen LogP) is 6.77. The van der Waals surface area contributed by atoms with Gasteiger partial charge in [0.1, 0.15) is 29.1 Å². The quantitative estimate of drug-likeness (QED) is 0.331. The van der Waals surface area contributed by atoms with E-state index < -0.39 is 46.4 Å². The highest BCUT2D eigenvalue weighted by Crippen LogP contribution is 2.45. The Balaban J connectivity index is 1.82. The zero-order chi connectivity index (χ0) is 22.3. The zero-order valence-electron chi connectivity index (χ0n) is 16.4. The van der Waals surface area contributed by atoms with Crippen LogP contribution in [0.3, 0.4) is 0 Å². The summed E-state index contributed by atoms with van der Waals surface area (Å²) in [4.78, 5) is 13.2. The molecule has 2 atom stereocenters. The molecule has 0 N–H and O–H groups in total. The van der Waals surface area contributed by atoms with E-state index in [1.807, 2.05) is 0 Å². The molecule has 4 rings (SSSR count). The van der Waals surface area contributed by atoms with E-state index in [1.165, 1.54) is 24.3 Å². The number of hydrogen-bond donors (Lipinski definition) is 0. The van der Waals surface area contributed by atoms with Gasteiger partial charge < -0.3 is 0 Å². The fourth-order valence-corrected chi connectivity index (χ4v) is 4.19. The van der Waals surface area contributed by atoms with Gasteiger partial charge in [0, 0.05) is 29.5 Å². The minimum Gasteiger partial charge on any atom is -0.289 e. The minimum absolute atomic E-state index is 0.133. The van der Waals surface area contributed by atoms with Crippen LogP contribution in [0.2, 0.25) is 0 Å². The molecule has 1 aliphatic rings. The second-order valence-corrected chi connectivity index (χ2v) is 7.64. The number of rotatable bonds is 4. The molecule has 31 heavy (non-hydrogen) atoms. The SMILES string of the molecule is Cc1cc(F)ccc1C1CC(c2ccc(F)cc2)C=C1C(=O)c1c(F)cc(F)cc1F. The Bertz CT molecular complexity index is 1170. The number of Topliss-reactive ketones (excluding diaryl/α,β-unsaturated/α-hetero) is 1. The van der Waals surface area contributed by atoms with Gasteiger partial charge in [-0.15, -0.1) is 0 Å². The molecule has 3 aromatic carbocycles. The smallest absolute Gasteiger partial charge is 0.195 e. The highest BCUT2D eigenvalue weighted by atomic mass is 19.2. The summed E-state index contributed by atoms with van der Waals surface area (Å²) in [5.41, 5.74) is 1.26. The van der Waals surface area contributed by atoms with Crippen LogP contribution >= 0.6 is 0 Å². The van der Waals surface area contributed by atoms with Crippen LogP contribution in [0.5, 0.6) is 0 Å². The molecule has 0 bridgehead atoms. The summed E-state index contributed by atoms with van der Waals surface area (Å²) in [6.07, 6.45) is 1.98. The van der Waals surface area contributed by atoms with E-state index in [0.29, 0.717) is 29.7 Å². The Labute approximate surface area is 175 Å². The highest BCUT2D eigenvalue weighted by Gasteiger charge is 2.35. The standard InChI is InChI=1S/C25H17F5O/c1-13-8-17(27)6-7-19(13)20-9-15(14-2-4-16(26)5-3-14)10-21(20)25(31)24-22(29)11-18(28)12-23(24)30/h2-8,10-12,15,20H,9H2,1H3. The van der Waals surface area contributed by atoms with Crippen molar-refractivity contribution in [1.29, 1.82) is 0 Å². The first-order valence-corrected chi connectivity index (χ1v) is 9.67. The van der Waals surface area contributed by atoms with Gasteiger partial charge in [-0.25, -0.2) is 22.0 Å². The Hall–Kier alpha value is -3.28. The Morgan fingerprint density at radius 3 is 2.03 bits per heavy atom. The van der Waals surface area contributed by atoms with Crippen LogP contribution in [-0.2, 0) is 0 Å². The molecule has 3 aromatic rings. The van der Waals surface area contributed by atoms with Crippen molar-refractivity contribution in [1.82, 2.24) is 0 Å². The number of benzene rings is 3. The monoisotopic (exact) mass is 428 g/mol. The van der Waals surface area contributed by atoms with Crippen molar-refractivity contribution in [3.8, 4) is 0 Å². The fourth-order valence-electron chi connectivity index (χ4n) is 4.19. The van der Waals surface area contributed by atoms with Crippen molar-refractivity contribution in [2.75, 3.05) is 0 Å². The molecule has 6 heteroatoms. The van der Waals surface area contributed by atoms with Crippen molar-refractivity contribution < 1.29 is 26.7 Å². The van der Waals surface area contributed by atoms with Crippen molar-refractivity contribution in [3.63, 3.8) is 0 Å². The molecular formula is C25H17F5O. The van der Waals surface area contributed by atoms with Gasteiger partial charge in [-0.3, -0.25) is 4.79 Å². The maximum atomic E-state index is 14.3. The molecule has 0 aliphatic heterocycles. The fraction of sp³-hybridized carbons (Fsp3) is 0.160. The van der Waals surface area contributed by atoms with E-state index in [1.54, 1.807) is 31.2 Å². The van der Waals surface area contributed by atoms with Crippen LogP contribution < -0.4 is 0 Å². The highest BCUT2D eigenvalue weighted by molar-refractivity contribution is 6.10. The molecule has 0 fully saturated rings. The van der Waals surface area contributed by atoms with Gasteiger partial charge in [-0.1, -0.05) is 24.3 Å². The molecule has 0 saturated heterocycles. The first-order valence-electron chi connectivity index (χ1n) is 9.67. The number of aryl methyl sites for hydroxylation is 1. The van der Waals surface area contributed by atoms with Crippen LogP contribution in [0.4, 0.5) is 22.0 Å². The Kier molecular flexibility index (Phi) is 5.48. The molecule has 0 spiro atoms. The molecule has 0 amide bonds. The number of hydrogen-bond acceptors (Lipinski definition) is 1. The van der Waals surface area contributed by atoms with E-state index in [-0.39, 0.29) is 11.5 Å². The summed E-state index contributed by atoms with van der Waals surface area (Å²) in [6, 6.07) is 10.8. The van der Waals surface area contributed by atoms with Gasteiger partial charge in [0.15, 0.2) is 5.78 Å². The summed E-state index contributed by atoms with van der Waals surface area (Å²) in [5, 5.41) is 0. The first kappa shape index (κ1) is 21.0. The molecule has 1 nitrogen and oxygen atoms in total. The van der Waals surface area contributed by atoms with E-state index in [2.05, 4.69) is 0 Å². The normalized spacial score (nSPS) is 18.2. The van der Waals surface area contributed by atoms with Gasteiger partial charge in [0.25, 0.3) is 0 Å². The van der Waals surface area contributed by atoms with Crippen LogP contribution in [-0.4, -0.2) is 5.78 Å². The number of carbonyl (C=O) groups excluding carboxylic acids is 1. The van der Waals surface area contributed by atoms with Gasteiger partial charge in [0.2, 0.25) is 0 Å². The summed E-state index contributed by atoms with van der Waals surface area (Å²) in [5.74, 6) is -6.33. The topological polar surface area (TPSA) is 17.1 Å². The minimum atomic E-state index is -1.29. The van der Waals surface area contributed by atoms with E-state index >= 15 is 0 Å². The van der Waals surface area contributed by atoms with Crippen LogP contribution in [0.15, 0.2) is 66.2 Å². The van der Waals surface area contributed by atoms with E-state index in [9.17, 15) is 26.7 Å². The second-order valence-electron chi connectivity index (χ2n) is 7.64. The summed E-state index contributed by atoms with van der Waals surface area (Å²) < 4.78 is 68.9. The number of allylic oxidation sites excluding steroid dienone is 2. The average Bonchev–Trinajstić information content (AvgIpc) is 3.12. The summed E-state index contributed by atoms with van der Waals surface area (Å²) >= 11 is 0. The second kappa shape index (κ2) is 8.10. The first-order chi connectivity index (χ1) is 14.7. The van der Waals surface area contributed by atoms with Crippen molar-refractivity contribution in [2.45, 2.75) is 25.2 Å². The van der Waals surface area contributed by atoms with Crippen molar-refractivity contribution in [3.05, 3.63) is 118 Å². The van der Waals surface area contributed by atoms with E-state index in [0.717, 1.165) is 5.56 Å². The molecular weight excluding hydrogens is 411 g/mol. The van der Waals surface area contributed by atoms with Crippen LogP contribution in [0.25, 0.3) is 0 Å². The lowest BCUT2D eigenvalue weighted by molar-refractivity contribution is 0.102. The summed E-state index contributed by atoms with van der Waals surface area (Å²) in [7, 11) is 0. The largest absolute Gasteiger partial charge is 0.289 e. The molecule has 0 aromatic heterocycles. The van der Waals surface area contributed by atoms with E-state index in [4.69, 9.17) is 0 Å². The van der Waals surface area contributed by atoms with Gasteiger partial charge in [0.05, 0.1) is 5.56 Å². The third kappa shape index (κ3) is 4.02. The van der Waals surface area contributed by atoms with Crippen molar-refractivity contribution in [2.24, 2.45) is 0 Å². The summed E-state index contributed by atoms with van der Waals surface area (Å²) in [6.45, 7) is 1.69. The predicted molar refractivity (Wildman–Crippen MR) is 106 cm³/mol. The number of halogens is 5. The van der Waals surface area contributed by atoms with Gasteiger partial charge >= 0.3 is 0 Å². The van der Waals surface area contributed by atoms with Crippen LogP contribution in [0, 0.1) is 36.0 Å². The lowest BCUT2D eigenvalue weighted by atomic mass is 9.84. The molecule has 0 radical (unpaired) electrons. The van der Waals surface area contributed by atoms with Crippen LogP contribution in [0.1, 0.15) is 45.3 Å². The Morgan fingerprint density at radius 1 is 0.806 bits per heavy atom. The third-order valence-corrected chi connectivity index (χ3v) is 5.65. The molecule has 2 unspecified atom stereocenters. The number of carbonyl (C=O) groups is 1. The van der Waals surface area contributed by atoms with Crippen molar-refractivity contribution >= 4 is 5.78 Å². The lowest BCUT2D eigenvalue weighted by Crippen LogP contribution is -2.14. The molecule has 158 valence electrons. The number of ketones is 1. The molecule has 1 aliphatic carbocycles. The van der Waals surface area contributed by atoms with Gasteiger partial charge in [-0.05, 0) is 54.3 Å². The average molecular weight is 428 g/mol. The third-order valence-electron chi connectivity index (χ3n) is 5.65. The van der Waals surface area contributed by atoms with Gasteiger partial charge in [-0.2, -0.15) is 0 Å². The zero-order valence-corrected chi connectivity index (χ0v) is 16.4. The lowest BCUT2D eigenvalue weighted by Gasteiger charge is -2.19. The maximum Gasteiger partial charge on any atom is 0.195 e.